The summed E-state index contributed by atoms with van der Waals surface area (Å²) in [5, 5.41) is 14.3. The van der Waals surface area contributed by atoms with Gasteiger partial charge in [0.2, 0.25) is 0 Å². The Hall–Kier alpha value is -8.46. The lowest BCUT2D eigenvalue weighted by molar-refractivity contribution is 0.669. The first-order valence-corrected chi connectivity index (χ1v) is 22.0. The lowest BCUT2D eigenvalue weighted by Gasteiger charge is -2.29. The van der Waals surface area contributed by atoms with Crippen LogP contribution in [0.5, 0.6) is 0 Å². The molecule has 0 saturated carbocycles. The Balaban J connectivity index is 1.12. The van der Waals surface area contributed by atoms with Crippen LogP contribution in [0.2, 0.25) is 0 Å². The van der Waals surface area contributed by atoms with Crippen molar-refractivity contribution in [1.29, 1.82) is 0 Å². The van der Waals surface area contributed by atoms with Gasteiger partial charge in [-0.25, -0.2) is 0 Å². The van der Waals surface area contributed by atoms with Crippen molar-refractivity contribution in [3.8, 4) is 33.4 Å². The van der Waals surface area contributed by atoms with Crippen molar-refractivity contribution in [2.75, 3.05) is 4.90 Å². The first kappa shape index (κ1) is 36.2. The molecule has 0 aliphatic rings. The van der Waals surface area contributed by atoms with Gasteiger partial charge in [0.05, 0.1) is 11.1 Å². The molecular weight excluding hydrogens is 775 g/mol. The van der Waals surface area contributed by atoms with Crippen LogP contribution in [0.25, 0.3) is 109 Å². The van der Waals surface area contributed by atoms with Gasteiger partial charge in [-0.15, -0.1) is 0 Å². The Morgan fingerprint density at radius 1 is 0.266 bits per heavy atom. The zero-order chi connectivity index (χ0) is 42.1. The molecule has 2 heteroatoms. The minimum Gasteiger partial charge on any atom is -0.456 e. The molecule has 0 amide bonds. The van der Waals surface area contributed by atoms with Crippen molar-refractivity contribution in [1.82, 2.24) is 0 Å². The van der Waals surface area contributed by atoms with E-state index < -0.39 is 0 Å². The van der Waals surface area contributed by atoms with Crippen LogP contribution in [-0.4, -0.2) is 0 Å². The van der Waals surface area contributed by atoms with Crippen molar-refractivity contribution in [2.45, 2.75) is 0 Å². The van der Waals surface area contributed by atoms with Gasteiger partial charge in [-0.05, 0) is 148 Å². The van der Waals surface area contributed by atoms with E-state index in [0.29, 0.717) is 0 Å². The van der Waals surface area contributed by atoms with E-state index in [2.05, 4.69) is 241 Å². The molecule has 0 fully saturated rings. The van der Waals surface area contributed by atoms with Gasteiger partial charge < -0.3 is 9.32 Å². The van der Waals surface area contributed by atoms with Crippen LogP contribution in [0.3, 0.4) is 0 Å². The highest BCUT2D eigenvalue weighted by molar-refractivity contribution is 6.19. The third kappa shape index (κ3) is 5.88. The lowest BCUT2D eigenvalue weighted by Crippen LogP contribution is -2.11. The van der Waals surface area contributed by atoms with Gasteiger partial charge in [-0.3, -0.25) is 0 Å². The van der Waals surface area contributed by atoms with E-state index in [-0.39, 0.29) is 0 Å². The molecule has 1 aromatic heterocycles. The number of benzene rings is 12. The van der Waals surface area contributed by atoms with Crippen LogP contribution in [-0.2, 0) is 0 Å². The Labute approximate surface area is 370 Å². The number of rotatable bonds is 6. The maximum atomic E-state index is 6.75. The average molecular weight is 814 g/mol. The second-order valence-electron chi connectivity index (χ2n) is 16.8. The SMILES string of the molecule is c1ccc(-c2cc(N(c3cc(-c4cc5ccccc5c5ccccc45)c4ccccc4c3)c3cccc4oc5cc6ccccc6cc5c34)ccc2-c2ccc3ccccc3c2)cc1. The molecule has 0 saturated heterocycles. The van der Waals surface area contributed by atoms with E-state index in [1.807, 2.05) is 0 Å². The lowest BCUT2D eigenvalue weighted by atomic mass is 9.90. The van der Waals surface area contributed by atoms with Crippen molar-refractivity contribution in [2.24, 2.45) is 0 Å². The molecule has 0 aliphatic carbocycles. The summed E-state index contributed by atoms with van der Waals surface area (Å²) in [5.74, 6) is 0. The van der Waals surface area contributed by atoms with E-state index in [1.54, 1.807) is 0 Å². The Morgan fingerprint density at radius 3 is 1.67 bits per heavy atom. The molecule has 1 heterocycles. The molecule has 0 atom stereocenters. The fraction of sp³-hybridized carbons (Fsp3) is 0. The maximum Gasteiger partial charge on any atom is 0.137 e. The smallest absolute Gasteiger partial charge is 0.137 e. The number of fused-ring (bicyclic) bond motifs is 9. The molecule has 0 spiro atoms. The topological polar surface area (TPSA) is 16.4 Å². The predicted molar refractivity (Wildman–Crippen MR) is 272 cm³/mol. The molecule has 64 heavy (non-hydrogen) atoms. The predicted octanol–water partition coefficient (Wildman–Crippen LogP) is 17.8. The zero-order valence-corrected chi connectivity index (χ0v) is 34.9. The van der Waals surface area contributed by atoms with Crippen molar-refractivity contribution in [3.05, 3.63) is 237 Å². The first-order chi connectivity index (χ1) is 31.7. The summed E-state index contributed by atoms with van der Waals surface area (Å²) in [6, 6.07) is 86.3. The number of hydrogen-bond acceptors (Lipinski definition) is 2. The van der Waals surface area contributed by atoms with Gasteiger partial charge in [0.15, 0.2) is 0 Å². The highest BCUT2D eigenvalue weighted by atomic mass is 16.3. The standard InChI is InChI=1S/C62H39NO/c1-2-16-41(17-3-1)55-38-48(31-32-52(55)47-30-29-40-15-4-5-18-42(40)33-47)63(59-27-14-28-60-62(59)58-35-43-19-6-7-20-44(43)37-61(58)64-60)49-34-45-21-8-11-24-51(45)57(39-49)56-36-46-22-9-10-23-50(46)53-25-12-13-26-54(53)56/h1-39H. The fourth-order valence-electron chi connectivity index (χ4n) is 10.2. The second kappa shape index (κ2) is 14.6. The molecule has 0 N–H and O–H groups in total. The van der Waals surface area contributed by atoms with Gasteiger partial charge in [-0.2, -0.15) is 0 Å². The van der Waals surface area contributed by atoms with Crippen LogP contribution >= 0.6 is 0 Å². The molecule has 0 unspecified atom stereocenters. The normalized spacial score (nSPS) is 11.8. The highest BCUT2D eigenvalue weighted by Crippen LogP contribution is 2.48. The van der Waals surface area contributed by atoms with Crippen LogP contribution < -0.4 is 4.90 Å². The first-order valence-electron chi connectivity index (χ1n) is 22.0. The summed E-state index contributed by atoms with van der Waals surface area (Å²) in [6.07, 6.45) is 0. The number of hydrogen-bond donors (Lipinski definition) is 0. The summed E-state index contributed by atoms with van der Waals surface area (Å²) in [7, 11) is 0. The highest BCUT2D eigenvalue weighted by Gasteiger charge is 2.23. The van der Waals surface area contributed by atoms with Gasteiger partial charge in [0.1, 0.15) is 11.2 Å². The molecule has 12 aromatic carbocycles. The van der Waals surface area contributed by atoms with Crippen LogP contribution in [0, 0.1) is 0 Å². The van der Waals surface area contributed by atoms with Crippen LogP contribution in [0.4, 0.5) is 17.1 Å². The molecule has 0 bridgehead atoms. The van der Waals surface area contributed by atoms with Gasteiger partial charge in [0.25, 0.3) is 0 Å². The summed E-state index contributed by atoms with van der Waals surface area (Å²) >= 11 is 0. The van der Waals surface area contributed by atoms with Crippen LogP contribution in [0.1, 0.15) is 0 Å². The molecule has 298 valence electrons. The Bertz CT molecular complexity index is 3970. The molecule has 0 radical (unpaired) electrons. The van der Waals surface area contributed by atoms with Crippen molar-refractivity contribution in [3.63, 3.8) is 0 Å². The Kier molecular flexibility index (Phi) is 8.25. The maximum absolute atomic E-state index is 6.75. The second-order valence-corrected chi connectivity index (χ2v) is 16.8. The molecule has 13 aromatic rings. The largest absolute Gasteiger partial charge is 0.456 e. The number of nitrogens with zero attached hydrogens (tertiary/aromatic N) is 1. The third-order valence-electron chi connectivity index (χ3n) is 13.2. The zero-order valence-electron chi connectivity index (χ0n) is 34.9. The molecule has 0 aliphatic heterocycles. The van der Waals surface area contributed by atoms with Crippen LogP contribution in [0.15, 0.2) is 241 Å². The quantitative estimate of drug-likeness (QED) is 0.156. The minimum atomic E-state index is 0.852. The summed E-state index contributed by atoms with van der Waals surface area (Å²) in [6.45, 7) is 0. The molecule has 2 nitrogen and oxygen atoms in total. The fourth-order valence-corrected chi connectivity index (χ4v) is 10.2. The number of anilines is 3. The number of furan rings is 1. The van der Waals surface area contributed by atoms with E-state index in [1.165, 1.54) is 70.7 Å². The van der Waals surface area contributed by atoms with Crippen molar-refractivity contribution < 1.29 is 4.42 Å². The summed E-state index contributed by atoms with van der Waals surface area (Å²) < 4.78 is 6.75. The minimum absolute atomic E-state index is 0.852. The average Bonchev–Trinajstić information content (AvgIpc) is 3.73. The summed E-state index contributed by atoms with van der Waals surface area (Å²) in [4.78, 5) is 2.46. The van der Waals surface area contributed by atoms with Gasteiger partial charge in [0, 0.05) is 16.8 Å². The van der Waals surface area contributed by atoms with E-state index in [9.17, 15) is 0 Å². The van der Waals surface area contributed by atoms with Crippen molar-refractivity contribution >= 4 is 92.9 Å². The monoisotopic (exact) mass is 813 g/mol. The van der Waals surface area contributed by atoms with E-state index in [0.717, 1.165) is 55.5 Å². The van der Waals surface area contributed by atoms with E-state index >= 15 is 0 Å². The van der Waals surface area contributed by atoms with Gasteiger partial charge >= 0.3 is 0 Å². The molecule has 13 rings (SSSR count). The summed E-state index contributed by atoms with van der Waals surface area (Å²) in [5.41, 5.74) is 12.0. The van der Waals surface area contributed by atoms with E-state index in [4.69, 9.17) is 4.42 Å². The molecular formula is C62H39NO. The van der Waals surface area contributed by atoms with Gasteiger partial charge in [-0.1, -0.05) is 176 Å². The third-order valence-corrected chi connectivity index (χ3v) is 13.2. The Morgan fingerprint density at radius 2 is 0.875 bits per heavy atom.